The van der Waals surface area contributed by atoms with Crippen molar-refractivity contribution in [3.05, 3.63) is 68.6 Å². The Morgan fingerprint density at radius 2 is 1.90 bits per heavy atom. The van der Waals surface area contributed by atoms with Gasteiger partial charge in [0, 0.05) is 51.6 Å². The molecular weight excluding hydrogens is 545 g/mol. The highest BCUT2D eigenvalue weighted by Gasteiger charge is 2.33. The number of ketones is 1. The Kier molecular flexibility index (Phi) is 9.62. The summed E-state index contributed by atoms with van der Waals surface area (Å²) in [6.45, 7) is 9.09. The van der Waals surface area contributed by atoms with Crippen LogP contribution in [0.4, 0.5) is 14.3 Å². The molecule has 2 saturated heterocycles. The minimum absolute atomic E-state index is 0.0409. The third kappa shape index (κ3) is 7.75. The Labute approximate surface area is 243 Å². The summed E-state index contributed by atoms with van der Waals surface area (Å²) in [5.41, 5.74) is 3.17. The molecule has 0 aliphatic carbocycles. The topological polar surface area (TPSA) is 77.6 Å². The van der Waals surface area contributed by atoms with Crippen molar-refractivity contribution >= 4 is 39.6 Å². The summed E-state index contributed by atoms with van der Waals surface area (Å²) < 4.78 is 13.4. The largest absolute Gasteiger partial charge is 0.335 e. The van der Waals surface area contributed by atoms with Crippen LogP contribution in [-0.2, 0) is 13.0 Å². The molecule has 0 saturated carbocycles. The van der Waals surface area contributed by atoms with Gasteiger partial charge in [-0.3, -0.25) is 15.0 Å². The molecule has 4 heterocycles. The minimum Gasteiger partial charge on any atom is -0.335 e. The van der Waals surface area contributed by atoms with Gasteiger partial charge in [-0.25, -0.2) is 14.2 Å². The molecule has 2 aliphatic heterocycles. The number of nitrogens with zero attached hydrogens (tertiary/aromatic N) is 3. The number of benzene rings is 1. The standard InChI is InChI=1S/C30H38FN5O2S2/c1-20-28(21(2)37)40-30(32-20)34-29(38)33-27-9-12-36(16-24-10-13-39-19-24)18-25(27)17-35-11-3-4-23(15-35)14-22-5-7-26(31)8-6-22/h5-8,10,13,19,23,25,27H,3-4,9,11-12,14-18H2,1-2H3,(H2,32,33,34,38)/t23?,25-,27-/m1/s1. The number of aromatic nitrogens is 1. The SMILES string of the molecule is CC(=O)c1sc(NC(=O)N[C@@H]2CCN(Cc3ccsc3)C[C@H]2CN2CCCC(Cc3ccc(F)cc3)C2)nc1C. The number of piperidine rings is 2. The molecule has 2 aliphatic rings. The number of thiazole rings is 1. The molecule has 0 bridgehead atoms. The molecule has 2 fully saturated rings. The fourth-order valence-corrected chi connectivity index (χ4v) is 7.63. The molecule has 1 unspecified atom stereocenters. The normalized spacial score (nSPS) is 22.2. The van der Waals surface area contributed by atoms with Crippen LogP contribution in [0.15, 0.2) is 41.1 Å². The molecule has 40 heavy (non-hydrogen) atoms. The second-order valence-corrected chi connectivity index (χ2v) is 13.0. The molecule has 2 aromatic heterocycles. The summed E-state index contributed by atoms with van der Waals surface area (Å²) in [7, 11) is 0. The number of rotatable bonds is 9. The summed E-state index contributed by atoms with van der Waals surface area (Å²) in [5, 5.41) is 10.9. The molecule has 7 nitrogen and oxygen atoms in total. The number of hydrogen-bond donors (Lipinski definition) is 2. The Morgan fingerprint density at radius 3 is 2.62 bits per heavy atom. The summed E-state index contributed by atoms with van der Waals surface area (Å²) in [6.07, 6.45) is 4.18. The number of carbonyl (C=O) groups excluding carboxylic acids is 2. The molecule has 2 amide bonds. The molecule has 2 N–H and O–H groups in total. The number of urea groups is 1. The number of Topliss-reactive ketones (excluding diaryl/α,β-unsaturated/α-hetero) is 1. The lowest BCUT2D eigenvalue weighted by Gasteiger charge is -2.42. The number of thiophene rings is 1. The molecule has 0 radical (unpaired) electrons. The van der Waals surface area contributed by atoms with Crippen LogP contribution in [0, 0.1) is 24.6 Å². The van der Waals surface area contributed by atoms with Crippen molar-refractivity contribution in [3.8, 4) is 0 Å². The first-order valence-electron chi connectivity index (χ1n) is 14.1. The first kappa shape index (κ1) is 28.9. The molecule has 10 heteroatoms. The van der Waals surface area contributed by atoms with Gasteiger partial charge in [0.25, 0.3) is 0 Å². The number of anilines is 1. The Balaban J connectivity index is 1.22. The average Bonchev–Trinajstić information content (AvgIpc) is 3.56. The van der Waals surface area contributed by atoms with Crippen LogP contribution >= 0.6 is 22.7 Å². The van der Waals surface area contributed by atoms with E-state index in [4.69, 9.17) is 0 Å². The van der Waals surface area contributed by atoms with Crippen molar-refractivity contribution in [1.82, 2.24) is 20.1 Å². The van der Waals surface area contributed by atoms with Crippen LogP contribution in [0.1, 0.15) is 52.7 Å². The van der Waals surface area contributed by atoms with Gasteiger partial charge < -0.3 is 10.2 Å². The monoisotopic (exact) mass is 583 g/mol. The summed E-state index contributed by atoms with van der Waals surface area (Å²) >= 11 is 2.95. The molecule has 3 aromatic rings. The van der Waals surface area contributed by atoms with E-state index in [0.29, 0.717) is 21.6 Å². The lowest BCUT2D eigenvalue weighted by Crippen LogP contribution is -2.55. The van der Waals surface area contributed by atoms with Gasteiger partial charge in [0.05, 0.1) is 10.6 Å². The molecule has 5 rings (SSSR count). The van der Waals surface area contributed by atoms with E-state index in [9.17, 15) is 14.0 Å². The first-order valence-corrected chi connectivity index (χ1v) is 15.8. The van der Waals surface area contributed by atoms with Crippen LogP contribution in [0.2, 0.25) is 0 Å². The molecule has 1 aromatic carbocycles. The van der Waals surface area contributed by atoms with E-state index >= 15 is 0 Å². The predicted molar refractivity (Wildman–Crippen MR) is 160 cm³/mol. The maximum atomic E-state index is 13.4. The van der Waals surface area contributed by atoms with Crippen LogP contribution < -0.4 is 10.6 Å². The van der Waals surface area contributed by atoms with Crippen molar-refractivity contribution in [3.63, 3.8) is 0 Å². The van der Waals surface area contributed by atoms with E-state index in [-0.39, 0.29) is 29.6 Å². The predicted octanol–water partition coefficient (Wildman–Crippen LogP) is 5.82. The summed E-state index contributed by atoms with van der Waals surface area (Å²) in [4.78, 5) is 34.9. The highest BCUT2D eigenvalue weighted by atomic mass is 32.1. The Morgan fingerprint density at radius 1 is 1.07 bits per heavy atom. The number of carbonyl (C=O) groups is 2. The van der Waals surface area contributed by atoms with Crippen molar-refractivity contribution in [2.24, 2.45) is 11.8 Å². The lowest BCUT2D eigenvalue weighted by atomic mass is 9.88. The lowest BCUT2D eigenvalue weighted by molar-refractivity contribution is 0.0819. The maximum Gasteiger partial charge on any atom is 0.321 e. The maximum absolute atomic E-state index is 13.4. The summed E-state index contributed by atoms with van der Waals surface area (Å²) in [6, 6.07) is 8.87. The van der Waals surface area contributed by atoms with E-state index < -0.39 is 0 Å². The number of amides is 2. The zero-order chi connectivity index (χ0) is 28.1. The highest BCUT2D eigenvalue weighted by Crippen LogP contribution is 2.27. The number of hydrogen-bond acceptors (Lipinski definition) is 7. The number of halogens is 1. The van der Waals surface area contributed by atoms with Crippen molar-refractivity contribution < 1.29 is 14.0 Å². The van der Waals surface area contributed by atoms with Crippen molar-refractivity contribution in [1.29, 1.82) is 0 Å². The number of aryl methyl sites for hydroxylation is 1. The number of nitrogens with one attached hydrogen (secondary N) is 2. The second-order valence-electron chi connectivity index (χ2n) is 11.2. The minimum atomic E-state index is -0.266. The Bertz CT molecular complexity index is 1280. The van der Waals surface area contributed by atoms with Crippen LogP contribution in [0.25, 0.3) is 0 Å². The summed E-state index contributed by atoms with van der Waals surface area (Å²) in [5.74, 6) is 0.600. The van der Waals surface area contributed by atoms with Crippen molar-refractivity contribution in [2.45, 2.75) is 52.1 Å². The van der Waals surface area contributed by atoms with Gasteiger partial charge in [0.1, 0.15) is 5.82 Å². The van der Waals surface area contributed by atoms with Crippen LogP contribution in [0.5, 0.6) is 0 Å². The second kappa shape index (κ2) is 13.3. The quantitative estimate of drug-likeness (QED) is 0.311. The van der Waals surface area contributed by atoms with Gasteiger partial charge >= 0.3 is 6.03 Å². The van der Waals surface area contributed by atoms with E-state index in [1.807, 2.05) is 12.1 Å². The third-order valence-electron chi connectivity index (χ3n) is 7.99. The first-order chi connectivity index (χ1) is 19.3. The van der Waals surface area contributed by atoms with Crippen molar-refractivity contribution in [2.75, 3.05) is 38.0 Å². The Hall–Kier alpha value is -2.66. The van der Waals surface area contributed by atoms with Crippen LogP contribution in [-0.4, -0.2) is 65.4 Å². The van der Waals surface area contributed by atoms with Gasteiger partial charge in [-0.2, -0.15) is 11.3 Å². The van der Waals surface area contributed by atoms with E-state index in [0.717, 1.165) is 58.5 Å². The molecule has 0 spiro atoms. The fraction of sp³-hybridized carbons (Fsp3) is 0.500. The van der Waals surface area contributed by atoms with Gasteiger partial charge in [0.15, 0.2) is 10.9 Å². The smallest absolute Gasteiger partial charge is 0.321 e. The number of likely N-dealkylation sites (tertiary alicyclic amines) is 2. The van der Waals surface area contributed by atoms with Gasteiger partial charge in [-0.1, -0.05) is 23.5 Å². The highest BCUT2D eigenvalue weighted by molar-refractivity contribution is 7.17. The van der Waals surface area contributed by atoms with E-state index in [1.54, 1.807) is 30.4 Å². The van der Waals surface area contributed by atoms with Crippen LogP contribution in [0.3, 0.4) is 0 Å². The van der Waals surface area contributed by atoms with E-state index in [1.165, 1.54) is 35.8 Å². The molecule has 3 atom stereocenters. The fourth-order valence-electron chi connectivity index (χ4n) is 6.11. The van der Waals surface area contributed by atoms with Gasteiger partial charge in [-0.15, -0.1) is 0 Å². The zero-order valence-electron chi connectivity index (χ0n) is 23.2. The molecular formula is C30H38FN5O2S2. The zero-order valence-corrected chi connectivity index (χ0v) is 24.8. The average molecular weight is 584 g/mol. The third-order valence-corrected chi connectivity index (χ3v) is 9.90. The van der Waals surface area contributed by atoms with E-state index in [2.05, 4.69) is 42.2 Å². The van der Waals surface area contributed by atoms with Gasteiger partial charge in [-0.05, 0) is 85.2 Å². The van der Waals surface area contributed by atoms with Gasteiger partial charge in [0.2, 0.25) is 0 Å². The molecule has 214 valence electrons.